The molecule has 0 aliphatic carbocycles. The number of benzene rings is 2. The van der Waals surface area contributed by atoms with Gasteiger partial charge in [0.15, 0.2) is 16.7 Å². The molecular formula is C20H21FN2O4S. The molecule has 0 unspecified atom stereocenters. The second kappa shape index (κ2) is 9.68. The highest BCUT2D eigenvalue weighted by Gasteiger charge is 2.14. The number of nitrogens with zero attached hydrogens (tertiary/aromatic N) is 2. The van der Waals surface area contributed by atoms with E-state index in [0.29, 0.717) is 29.2 Å². The molecule has 0 spiro atoms. The first-order valence-corrected chi connectivity index (χ1v) is 9.75. The lowest BCUT2D eigenvalue weighted by molar-refractivity contribution is 0.123. The van der Waals surface area contributed by atoms with Gasteiger partial charge < -0.3 is 14.6 Å². The van der Waals surface area contributed by atoms with E-state index in [9.17, 15) is 14.3 Å². The van der Waals surface area contributed by atoms with E-state index in [1.165, 1.54) is 23.9 Å². The van der Waals surface area contributed by atoms with Crippen molar-refractivity contribution in [2.45, 2.75) is 17.8 Å². The van der Waals surface area contributed by atoms with Gasteiger partial charge in [0, 0.05) is 12.9 Å². The van der Waals surface area contributed by atoms with Gasteiger partial charge >= 0.3 is 0 Å². The van der Waals surface area contributed by atoms with Gasteiger partial charge in [0.05, 0.1) is 30.2 Å². The normalized spacial score (nSPS) is 12.2. The zero-order chi connectivity index (χ0) is 19.9. The first kappa shape index (κ1) is 20.3. The minimum Gasteiger partial charge on any atom is -0.488 e. The number of halogens is 1. The van der Waals surface area contributed by atoms with Crippen molar-refractivity contribution in [3.63, 3.8) is 0 Å². The summed E-state index contributed by atoms with van der Waals surface area (Å²) in [5.41, 5.74) is 0.447. The summed E-state index contributed by atoms with van der Waals surface area (Å²) in [6.07, 6.45) is -0.858. The summed E-state index contributed by atoms with van der Waals surface area (Å²) in [5.74, 6) is -0.147. The maximum Gasteiger partial charge on any atom is 0.262 e. The van der Waals surface area contributed by atoms with Crippen molar-refractivity contribution < 1.29 is 19.0 Å². The molecule has 8 heteroatoms. The molecule has 6 nitrogen and oxygen atoms in total. The number of rotatable bonds is 9. The Kier molecular flexibility index (Phi) is 7.02. The summed E-state index contributed by atoms with van der Waals surface area (Å²) < 4.78 is 25.5. The van der Waals surface area contributed by atoms with Crippen LogP contribution in [0.3, 0.4) is 0 Å². The van der Waals surface area contributed by atoms with Crippen molar-refractivity contribution >= 4 is 22.7 Å². The summed E-state index contributed by atoms with van der Waals surface area (Å²) in [7, 11) is 1.57. The molecule has 1 atom stereocenters. The zero-order valence-electron chi connectivity index (χ0n) is 15.4. The highest BCUT2D eigenvalue weighted by molar-refractivity contribution is 7.99. The van der Waals surface area contributed by atoms with Gasteiger partial charge in [-0.15, -0.1) is 0 Å². The molecule has 0 aliphatic heterocycles. The lowest BCUT2D eigenvalue weighted by Gasteiger charge is -2.15. The molecule has 3 aromatic rings. The third-order valence-electron chi connectivity index (χ3n) is 4.02. The molecule has 0 saturated carbocycles. The summed E-state index contributed by atoms with van der Waals surface area (Å²) in [4.78, 5) is 17.3. The second-order valence-electron chi connectivity index (χ2n) is 6.07. The third kappa shape index (κ3) is 4.89. The number of aliphatic hydroxyl groups is 1. The largest absolute Gasteiger partial charge is 0.488 e. The smallest absolute Gasteiger partial charge is 0.262 e. The number of hydrogen-bond donors (Lipinski definition) is 1. The molecule has 0 fully saturated rings. The Labute approximate surface area is 165 Å². The quantitative estimate of drug-likeness (QED) is 0.437. The van der Waals surface area contributed by atoms with Crippen LogP contribution in [-0.4, -0.2) is 46.8 Å². The van der Waals surface area contributed by atoms with Crippen molar-refractivity contribution in [3.05, 3.63) is 64.7 Å². The van der Waals surface area contributed by atoms with E-state index >= 15 is 0 Å². The van der Waals surface area contributed by atoms with E-state index < -0.39 is 11.9 Å². The molecule has 3 rings (SSSR count). The fraction of sp³-hybridized carbons (Fsp3) is 0.300. The van der Waals surface area contributed by atoms with Crippen LogP contribution in [0.2, 0.25) is 0 Å². The van der Waals surface area contributed by atoms with Crippen LogP contribution < -0.4 is 10.3 Å². The number of fused-ring (bicyclic) bond motifs is 1. The van der Waals surface area contributed by atoms with Crippen LogP contribution >= 0.6 is 11.8 Å². The fourth-order valence-electron chi connectivity index (χ4n) is 2.60. The van der Waals surface area contributed by atoms with Gasteiger partial charge in [-0.1, -0.05) is 36.0 Å². The van der Waals surface area contributed by atoms with E-state index in [1.54, 1.807) is 42.0 Å². The van der Waals surface area contributed by atoms with Gasteiger partial charge in [-0.25, -0.2) is 9.37 Å². The SMILES string of the molecule is COCCn1c(SC[C@@H](O)COc2ccccc2F)nc2ccccc2c1=O. The van der Waals surface area contributed by atoms with Crippen LogP contribution in [0.4, 0.5) is 4.39 Å². The number of para-hydroxylation sites is 2. The third-order valence-corrected chi connectivity index (χ3v) is 5.14. The molecule has 0 saturated heterocycles. The van der Waals surface area contributed by atoms with Crippen molar-refractivity contribution in [2.24, 2.45) is 0 Å². The van der Waals surface area contributed by atoms with Gasteiger partial charge in [0.25, 0.3) is 5.56 Å². The molecule has 1 heterocycles. The van der Waals surface area contributed by atoms with Crippen molar-refractivity contribution in [1.82, 2.24) is 9.55 Å². The minimum absolute atomic E-state index is 0.0657. The van der Waals surface area contributed by atoms with Gasteiger partial charge in [0.2, 0.25) is 0 Å². The Morgan fingerprint density at radius 2 is 1.96 bits per heavy atom. The first-order valence-electron chi connectivity index (χ1n) is 8.77. The maximum absolute atomic E-state index is 13.6. The van der Waals surface area contributed by atoms with Crippen molar-refractivity contribution in [2.75, 3.05) is 26.1 Å². The van der Waals surface area contributed by atoms with Crippen LogP contribution in [-0.2, 0) is 11.3 Å². The number of ether oxygens (including phenoxy) is 2. The Hall–Kier alpha value is -2.42. The van der Waals surface area contributed by atoms with Crippen molar-refractivity contribution in [3.8, 4) is 5.75 Å². The monoisotopic (exact) mass is 404 g/mol. The lowest BCUT2D eigenvalue weighted by atomic mass is 10.2. The topological polar surface area (TPSA) is 73.6 Å². The average molecular weight is 404 g/mol. The molecule has 1 aromatic heterocycles. The number of methoxy groups -OCH3 is 1. The summed E-state index contributed by atoms with van der Waals surface area (Å²) >= 11 is 1.25. The molecule has 148 valence electrons. The van der Waals surface area contributed by atoms with E-state index in [2.05, 4.69) is 4.98 Å². The summed E-state index contributed by atoms with van der Waals surface area (Å²) in [5, 5.41) is 11.2. The van der Waals surface area contributed by atoms with Gasteiger partial charge in [0.1, 0.15) is 6.61 Å². The van der Waals surface area contributed by atoms with Gasteiger partial charge in [-0.05, 0) is 24.3 Å². The zero-order valence-corrected chi connectivity index (χ0v) is 16.2. The molecule has 2 aromatic carbocycles. The van der Waals surface area contributed by atoms with Crippen LogP contribution in [0.15, 0.2) is 58.5 Å². The van der Waals surface area contributed by atoms with Crippen LogP contribution in [0.25, 0.3) is 10.9 Å². The molecule has 0 aliphatic rings. The molecule has 0 radical (unpaired) electrons. The van der Waals surface area contributed by atoms with Crippen molar-refractivity contribution in [1.29, 1.82) is 0 Å². The second-order valence-corrected chi connectivity index (χ2v) is 7.05. The van der Waals surface area contributed by atoms with Crippen LogP contribution in [0.5, 0.6) is 5.75 Å². The molecule has 0 amide bonds. The van der Waals surface area contributed by atoms with Gasteiger partial charge in [-0.3, -0.25) is 9.36 Å². The maximum atomic E-state index is 13.6. The lowest BCUT2D eigenvalue weighted by Crippen LogP contribution is -2.26. The standard InChI is InChI=1S/C20H21FN2O4S/c1-26-11-10-23-19(25)15-6-2-4-8-17(15)22-20(23)28-13-14(24)12-27-18-9-5-3-7-16(18)21/h2-9,14,24H,10-13H2,1H3/t14-/m0/s1. The predicted molar refractivity (Wildman–Crippen MR) is 107 cm³/mol. The highest BCUT2D eigenvalue weighted by atomic mass is 32.2. The molecule has 0 bridgehead atoms. The average Bonchev–Trinajstić information content (AvgIpc) is 2.71. The van der Waals surface area contributed by atoms with Crippen LogP contribution in [0.1, 0.15) is 0 Å². The molecular weight excluding hydrogens is 383 g/mol. The Bertz CT molecular complexity index is 995. The van der Waals surface area contributed by atoms with Gasteiger partial charge in [-0.2, -0.15) is 0 Å². The molecule has 28 heavy (non-hydrogen) atoms. The molecule has 1 N–H and O–H groups in total. The Morgan fingerprint density at radius 1 is 1.21 bits per heavy atom. The number of aromatic nitrogens is 2. The number of thioether (sulfide) groups is 1. The van der Waals surface area contributed by atoms with E-state index in [-0.39, 0.29) is 23.7 Å². The Balaban J connectivity index is 1.72. The number of aliphatic hydroxyl groups excluding tert-OH is 1. The van der Waals surface area contributed by atoms with Crippen LogP contribution in [0, 0.1) is 5.82 Å². The first-order chi connectivity index (χ1) is 13.6. The summed E-state index contributed by atoms with van der Waals surface area (Å²) in [6.45, 7) is 0.660. The summed E-state index contributed by atoms with van der Waals surface area (Å²) in [6, 6.07) is 13.2. The Morgan fingerprint density at radius 3 is 2.75 bits per heavy atom. The van der Waals surface area contributed by atoms with E-state index in [0.717, 1.165) is 0 Å². The van der Waals surface area contributed by atoms with E-state index in [1.807, 2.05) is 6.07 Å². The van der Waals surface area contributed by atoms with E-state index in [4.69, 9.17) is 9.47 Å². The highest BCUT2D eigenvalue weighted by Crippen LogP contribution is 2.20. The fourth-order valence-corrected chi connectivity index (χ4v) is 3.53. The number of hydrogen-bond acceptors (Lipinski definition) is 6. The predicted octanol–water partition coefficient (Wildman–Crippen LogP) is 2.71. The minimum atomic E-state index is -0.858.